The molecule has 126 valence electrons. The standard InChI is InChI=1S/C20H19N3O2/c1-3-18(14-8-10-15(24)11-9-14)22-23-20(25)17-12-13(2)21-19-7-5-4-6-16(17)19/h4-12,24H,3H2,1-2H3,(H,23,25)/b22-18+. The van der Waals surface area contributed by atoms with E-state index >= 15 is 0 Å². The molecular formula is C20H19N3O2. The van der Waals surface area contributed by atoms with Gasteiger partial charge >= 0.3 is 0 Å². The third kappa shape index (κ3) is 3.66. The number of aryl methyl sites for hydroxylation is 1. The van der Waals surface area contributed by atoms with Crippen molar-refractivity contribution in [1.82, 2.24) is 10.4 Å². The highest BCUT2D eigenvalue weighted by molar-refractivity contribution is 6.07. The van der Waals surface area contributed by atoms with Gasteiger partial charge < -0.3 is 5.11 Å². The number of nitrogens with zero attached hydrogens (tertiary/aromatic N) is 2. The van der Waals surface area contributed by atoms with E-state index < -0.39 is 0 Å². The number of phenols is 1. The van der Waals surface area contributed by atoms with Crippen molar-refractivity contribution in [2.45, 2.75) is 20.3 Å². The summed E-state index contributed by atoms with van der Waals surface area (Å²) in [5, 5.41) is 14.5. The molecule has 3 rings (SSSR count). The number of nitrogens with one attached hydrogen (secondary N) is 1. The highest BCUT2D eigenvalue weighted by Crippen LogP contribution is 2.18. The van der Waals surface area contributed by atoms with Crippen molar-refractivity contribution in [2.75, 3.05) is 0 Å². The number of pyridine rings is 1. The molecule has 0 aliphatic rings. The van der Waals surface area contributed by atoms with E-state index in [1.54, 1.807) is 30.3 Å². The summed E-state index contributed by atoms with van der Waals surface area (Å²) in [7, 11) is 0. The minimum atomic E-state index is -0.272. The van der Waals surface area contributed by atoms with E-state index in [0.717, 1.165) is 27.9 Å². The summed E-state index contributed by atoms with van der Waals surface area (Å²) < 4.78 is 0. The second-order valence-electron chi connectivity index (χ2n) is 5.73. The van der Waals surface area contributed by atoms with Gasteiger partial charge in [-0.15, -0.1) is 0 Å². The Hall–Kier alpha value is -3.21. The second-order valence-corrected chi connectivity index (χ2v) is 5.73. The van der Waals surface area contributed by atoms with Gasteiger partial charge in [0, 0.05) is 11.1 Å². The zero-order chi connectivity index (χ0) is 17.8. The van der Waals surface area contributed by atoms with Crippen LogP contribution in [-0.4, -0.2) is 21.7 Å². The maximum atomic E-state index is 12.6. The lowest BCUT2D eigenvalue weighted by Gasteiger charge is -2.08. The number of para-hydroxylation sites is 1. The van der Waals surface area contributed by atoms with Gasteiger partial charge in [-0.1, -0.05) is 25.1 Å². The molecule has 0 atom stereocenters. The largest absolute Gasteiger partial charge is 0.508 e. The first-order valence-corrected chi connectivity index (χ1v) is 8.11. The molecule has 0 bridgehead atoms. The van der Waals surface area contributed by atoms with Crippen LogP contribution in [-0.2, 0) is 0 Å². The van der Waals surface area contributed by atoms with E-state index in [1.165, 1.54) is 0 Å². The smallest absolute Gasteiger partial charge is 0.272 e. The molecule has 25 heavy (non-hydrogen) atoms. The Morgan fingerprint density at radius 3 is 2.60 bits per heavy atom. The molecule has 3 aromatic rings. The van der Waals surface area contributed by atoms with Gasteiger partial charge in [0.2, 0.25) is 0 Å². The van der Waals surface area contributed by atoms with Gasteiger partial charge in [0.15, 0.2) is 0 Å². The van der Waals surface area contributed by atoms with Crippen molar-refractivity contribution >= 4 is 22.5 Å². The van der Waals surface area contributed by atoms with Crippen LogP contribution in [0, 0.1) is 6.92 Å². The van der Waals surface area contributed by atoms with Gasteiger partial charge in [0.25, 0.3) is 5.91 Å². The fourth-order valence-corrected chi connectivity index (χ4v) is 2.68. The Bertz CT molecular complexity index is 947. The number of benzene rings is 2. The van der Waals surface area contributed by atoms with Gasteiger partial charge in [-0.05, 0) is 55.3 Å². The van der Waals surface area contributed by atoms with Crippen LogP contribution in [0.3, 0.4) is 0 Å². The van der Waals surface area contributed by atoms with Gasteiger partial charge in [0.1, 0.15) is 5.75 Å². The van der Waals surface area contributed by atoms with Crippen LogP contribution >= 0.6 is 0 Å². The number of amides is 1. The number of carbonyl (C=O) groups excluding carboxylic acids is 1. The molecule has 2 aromatic carbocycles. The molecule has 0 unspecified atom stereocenters. The summed E-state index contributed by atoms with van der Waals surface area (Å²) >= 11 is 0. The Balaban J connectivity index is 1.90. The lowest BCUT2D eigenvalue weighted by Crippen LogP contribution is -2.20. The number of rotatable bonds is 4. The Morgan fingerprint density at radius 1 is 1.16 bits per heavy atom. The molecule has 0 fully saturated rings. The zero-order valence-corrected chi connectivity index (χ0v) is 14.2. The van der Waals surface area contributed by atoms with Crippen LogP contribution in [0.15, 0.2) is 59.7 Å². The first kappa shape index (κ1) is 16.6. The maximum absolute atomic E-state index is 12.6. The van der Waals surface area contributed by atoms with Crippen molar-refractivity contribution in [3.8, 4) is 5.75 Å². The number of hydrogen-bond donors (Lipinski definition) is 2. The van der Waals surface area contributed by atoms with Crippen LogP contribution in [0.2, 0.25) is 0 Å². The molecule has 0 saturated carbocycles. The maximum Gasteiger partial charge on any atom is 0.272 e. The minimum Gasteiger partial charge on any atom is -0.508 e. The summed E-state index contributed by atoms with van der Waals surface area (Å²) in [6, 6.07) is 16.1. The number of fused-ring (bicyclic) bond motifs is 1. The zero-order valence-electron chi connectivity index (χ0n) is 14.2. The second kappa shape index (κ2) is 7.13. The average molecular weight is 333 g/mol. The Kier molecular flexibility index (Phi) is 4.75. The van der Waals surface area contributed by atoms with Crippen LogP contribution in [0.5, 0.6) is 5.75 Å². The summed E-state index contributed by atoms with van der Waals surface area (Å²) in [6.45, 7) is 3.82. The molecule has 0 saturated heterocycles. The molecule has 1 amide bonds. The molecule has 0 radical (unpaired) electrons. The van der Waals surface area contributed by atoms with Gasteiger partial charge in [0.05, 0.1) is 16.8 Å². The first-order valence-electron chi connectivity index (χ1n) is 8.11. The van der Waals surface area contributed by atoms with E-state index in [1.807, 2.05) is 38.1 Å². The fraction of sp³-hybridized carbons (Fsp3) is 0.150. The third-order valence-corrected chi connectivity index (χ3v) is 3.92. The normalized spacial score (nSPS) is 11.5. The SMILES string of the molecule is CC/C(=N\NC(=O)c1cc(C)nc2ccccc12)c1ccc(O)cc1. The summed E-state index contributed by atoms with van der Waals surface area (Å²) in [5.41, 5.74) is 6.35. The molecule has 1 heterocycles. The lowest BCUT2D eigenvalue weighted by molar-refractivity contribution is 0.0956. The Morgan fingerprint density at radius 2 is 1.88 bits per heavy atom. The molecule has 2 N–H and O–H groups in total. The summed E-state index contributed by atoms with van der Waals surface area (Å²) in [4.78, 5) is 17.1. The van der Waals surface area contributed by atoms with Crippen LogP contribution in [0.4, 0.5) is 0 Å². The van der Waals surface area contributed by atoms with E-state index in [2.05, 4.69) is 15.5 Å². The number of aromatic nitrogens is 1. The van der Waals surface area contributed by atoms with E-state index in [9.17, 15) is 9.90 Å². The monoisotopic (exact) mass is 333 g/mol. The molecule has 5 heteroatoms. The van der Waals surface area contributed by atoms with Gasteiger partial charge in [-0.2, -0.15) is 5.10 Å². The molecule has 0 aliphatic carbocycles. The van der Waals surface area contributed by atoms with Crippen LogP contribution in [0.25, 0.3) is 10.9 Å². The highest BCUT2D eigenvalue weighted by atomic mass is 16.3. The molecule has 0 aliphatic heterocycles. The summed E-state index contributed by atoms with van der Waals surface area (Å²) in [5.74, 6) is -0.0756. The molecular weight excluding hydrogens is 314 g/mol. The van der Waals surface area contributed by atoms with Crippen molar-refractivity contribution in [3.05, 3.63) is 71.4 Å². The average Bonchev–Trinajstić information content (AvgIpc) is 2.62. The number of hydrazone groups is 1. The van der Waals surface area contributed by atoms with E-state index in [-0.39, 0.29) is 11.7 Å². The quantitative estimate of drug-likeness (QED) is 0.563. The van der Waals surface area contributed by atoms with Crippen molar-refractivity contribution in [1.29, 1.82) is 0 Å². The first-order chi connectivity index (χ1) is 12.1. The number of carbonyl (C=O) groups is 1. The van der Waals surface area contributed by atoms with Crippen molar-refractivity contribution in [3.63, 3.8) is 0 Å². The predicted octanol–water partition coefficient (Wildman–Crippen LogP) is 3.79. The minimum absolute atomic E-state index is 0.196. The number of hydrogen-bond acceptors (Lipinski definition) is 4. The number of aromatic hydroxyl groups is 1. The number of phenolic OH excluding ortho intramolecular Hbond substituents is 1. The topological polar surface area (TPSA) is 74.6 Å². The van der Waals surface area contributed by atoms with Gasteiger partial charge in [-0.3, -0.25) is 9.78 Å². The van der Waals surface area contributed by atoms with Crippen LogP contribution in [0.1, 0.15) is 35.0 Å². The third-order valence-electron chi connectivity index (χ3n) is 3.92. The van der Waals surface area contributed by atoms with Gasteiger partial charge in [-0.25, -0.2) is 5.43 Å². The molecule has 1 aromatic heterocycles. The summed E-state index contributed by atoms with van der Waals surface area (Å²) in [6.07, 6.45) is 0.654. The highest BCUT2D eigenvalue weighted by Gasteiger charge is 2.12. The molecule has 5 nitrogen and oxygen atoms in total. The Labute approximate surface area is 146 Å². The van der Waals surface area contributed by atoms with E-state index in [0.29, 0.717) is 12.0 Å². The van der Waals surface area contributed by atoms with Crippen LogP contribution < -0.4 is 5.43 Å². The fourth-order valence-electron chi connectivity index (χ4n) is 2.68. The van der Waals surface area contributed by atoms with Crippen molar-refractivity contribution in [2.24, 2.45) is 5.10 Å². The predicted molar refractivity (Wildman–Crippen MR) is 98.9 cm³/mol. The van der Waals surface area contributed by atoms with Crippen molar-refractivity contribution < 1.29 is 9.90 Å². The molecule has 0 spiro atoms. The lowest BCUT2D eigenvalue weighted by atomic mass is 10.1. The van der Waals surface area contributed by atoms with E-state index in [4.69, 9.17) is 0 Å².